The summed E-state index contributed by atoms with van der Waals surface area (Å²) in [6, 6.07) is 4.34. The van der Waals surface area contributed by atoms with E-state index in [1.165, 1.54) is 12.1 Å². The lowest BCUT2D eigenvalue weighted by atomic mass is 10.2. The van der Waals surface area contributed by atoms with Crippen LogP contribution in [-0.2, 0) is 6.42 Å². The molecule has 2 aromatic rings. The molecule has 0 unspecified atom stereocenters. The van der Waals surface area contributed by atoms with Crippen LogP contribution in [0.3, 0.4) is 0 Å². The summed E-state index contributed by atoms with van der Waals surface area (Å²) in [4.78, 5) is 8.41. The molecule has 0 bridgehead atoms. The average molecular weight is 206 g/mol. The van der Waals surface area contributed by atoms with E-state index in [0.717, 1.165) is 5.39 Å². The number of aryl methyl sites for hydroxylation is 1. The van der Waals surface area contributed by atoms with Crippen molar-refractivity contribution in [2.75, 3.05) is 5.43 Å². The predicted molar refractivity (Wildman–Crippen MR) is 56.7 cm³/mol. The fourth-order valence-corrected chi connectivity index (χ4v) is 1.42. The molecule has 0 spiro atoms. The number of nitrogens with zero attached hydrogens (tertiary/aromatic N) is 2. The van der Waals surface area contributed by atoms with Crippen molar-refractivity contribution in [1.29, 1.82) is 0 Å². The van der Waals surface area contributed by atoms with Crippen LogP contribution in [0.5, 0.6) is 0 Å². The van der Waals surface area contributed by atoms with Gasteiger partial charge in [-0.15, -0.1) is 0 Å². The molecule has 78 valence electrons. The second kappa shape index (κ2) is 3.78. The van der Waals surface area contributed by atoms with E-state index in [4.69, 9.17) is 5.84 Å². The molecule has 1 aromatic heterocycles. The SMILES string of the molecule is CCc1nc(NN)c2ccc(F)cc2n1. The maximum Gasteiger partial charge on any atom is 0.151 e. The number of fused-ring (bicyclic) bond motifs is 1. The van der Waals surface area contributed by atoms with Gasteiger partial charge in [0, 0.05) is 17.9 Å². The molecule has 5 heteroatoms. The predicted octanol–water partition coefficient (Wildman–Crippen LogP) is 1.62. The van der Waals surface area contributed by atoms with Crippen molar-refractivity contribution in [1.82, 2.24) is 9.97 Å². The van der Waals surface area contributed by atoms with Crippen LogP contribution in [0.25, 0.3) is 10.9 Å². The summed E-state index contributed by atoms with van der Waals surface area (Å²) < 4.78 is 13.0. The van der Waals surface area contributed by atoms with Crippen LogP contribution in [0.4, 0.5) is 10.2 Å². The van der Waals surface area contributed by atoms with E-state index in [1.54, 1.807) is 6.07 Å². The highest BCUT2D eigenvalue weighted by atomic mass is 19.1. The zero-order valence-corrected chi connectivity index (χ0v) is 8.29. The number of halogens is 1. The highest BCUT2D eigenvalue weighted by molar-refractivity contribution is 5.88. The second-order valence-electron chi connectivity index (χ2n) is 3.15. The molecule has 0 saturated carbocycles. The molecular formula is C10H11FN4. The third-order valence-electron chi connectivity index (χ3n) is 2.16. The number of hydrogen-bond donors (Lipinski definition) is 2. The first-order chi connectivity index (χ1) is 7.24. The molecule has 0 amide bonds. The molecule has 4 nitrogen and oxygen atoms in total. The second-order valence-corrected chi connectivity index (χ2v) is 3.15. The van der Waals surface area contributed by atoms with Gasteiger partial charge in [-0.3, -0.25) is 0 Å². The van der Waals surface area contributed by atoms with Gasteiger partial charge in [-0.2, -0.15) is 0 Å². The minimum atomic E-state index is -0.314. The standard InChI is InChI=1S/C10H11FN4/c1-2-9-13-8-5-6(11)3-4-7(8)10(14-9)15-12/h3-5H,2,12H2,1H3,(H,13,14,15). The third kappa shape index (κ3) is 1.73. The highest BCUT2D eigenvalue weighted by Crippen LogP contribution is 2.20. The van der Waals surface area contributed by atoms with Crippen molar-refractivity contribution >= 4 is 16.7 Å². The average Bonchev–Trinajstić information content (AvgIpc) is 2.26. The van der Waals surface area contributed by atoms with Gasteiger partial charge in [0.15, 0.2) is 5.82 Å². The lowest BCUT2D eigenvalue weighted by molar-refractivity contribution is 0.629. The fraction of sp³-hybridized carbons (Fsp3) is 0.200. The molecule has 15 heavy (non-hydrogen) atoms. The van der Waals surface area contributed by atoms with Crippen LogP contribution < -0.4 is 11.3 Å². The lowest BCUT2D eigenvalue weighted by Crippen LogP contribution is -2.11. The Balaban J connectivity index is 2.74. The monoisotopic (exact) mass is 206 g/mol. The van der Waals surface area contributed by atoms with Crippen molar-refractivity contribution in [2.24, 2.45) is 5.84 Å². The Labute approximate surface area is 86.3 Å². The lowest BCUT2D eigenvalue weighted by Gasteiger charge is -2.06. The van der Waals surface area contributed by atoms with Gasteiger partial charge in [-0.25, -0.2) is 20.2 Å². The Hall–Kier alpha value is -1.75. The van der Waals surface area contributed by atoms with Gasteiger partial charge >= 0.3 is 0 Å². The maximum atomic E-state index is 13.0. The molecule has 0 aliphatic rings. The molecule has 0 aliphatic heterocycles. The summed E-state index contributed by atoms with van der Waals surface area (Å²) in [7, 11) is 0. The third-order valence-corrected chi connectivity index (χ3v) is 2.16. The van der Waals surface area contributed by atoms with Gasteiger partial charge in [0.1, 0.15) is 11.6 Å². The largest absolute Gasteiger partial charge is 0.308 e. The Morgan fingerprint density at radius 1 is 1.40 bits per heavy atom. The van der Waals surface area contributed by atoms with E-state index < -0.39 is 0 Å². The number of anilines is 1. The minimum Gasteiger partial charge on any atom is -0.308 e. The molecule has 3 N–H and O–H groups in total. The number of nitrogen functional groups attached to an aromatic ring is 1. The molecule has 0 fully saturated rings. The number of aromatic nitrogens is 2. The molecule has 1 heterocycles. The summed E-state index contributed by atoms with van der Waals surface area (Å²) in [6.45, 7) is 1.93. The summed E-state index contributed by atoms with van der Waals surface area (Å²) in [5.41, 5.74) is 3.06. The van der Waals surface area contributed by atoms with E-state index >= 15 is 0 Å². The van der Waals surface area contributed by atoms with Crippen LogP contribution in [0.2, 0.25) is 0 Å². The molecule has 0 radical (unpaired) electrons. The topological polar surface area (TPSA) is 63.8 Å². The number of benzene rings is 1. The Morgan fingerprint density at radius 2 is 2.20 bits per heavy atom. The number of nitrogens with two attached hydrogens (primary N) is 1. The molecule has 1 aromatic carbocycles. The number of hydrogen-bond acceptors (Lipinski definition) is 4. The van der Waals surface area contributed by atoms with Gasteiger partial charge in [0.2, 0.25) is 0 Å². The Morgan fingerprint density at radius 3 is 2.87 bits per heavy atom. The maximum absolute atomic E-state index is 13.0. The van der Waals surface area contributed by atoms with Crippen molar-refractivity contribution in [3.05, 3.63) is 29.8 Å². The van der Waals surface area contributed by atoms with E-state index in [1.807, 2.05) is 6.92 Å². The van der Waals surface area contributed by atoms with Gasteiger partial charge < -0.3 is 5.43 Å². The number of nitrogens with one attached hydrogen (secondary N) is 1. The zero-order valence-electron chi connectivity index (χ0n) is 8.29. The van der Waals surface area contributed by atoms with Crippen molar-refractivity contribution in [3.63, 3.8) is 0 Å². The van der Waals surface area contributed by atoms with E-state index in [0.29, 0.717) is 23.6 Å². The van der Waals surface area contributed by atoms with Gasteiger partial charge in [-0.05, 0) is 12.1 Å². The number of rotatable bonds is 2. The summed E-state index contributed by atoms with van der Waals surface area (Å²) in [5.74, 6) is 6.19. The highest BCUT2D eigenvalue weighted by Gasteiger charge is 2.06. The van der Waals surface area contributed by atoms with Gasteiger partial charge in [0.25, 0.3) is 0 Å². The zero-order chi connectivity index (χ0) is 10.8. The van der Waals surface area contributed by atoms with Crippen LogP contribution in [0, 0.1) is 5.82 Å². The summed E-state index contributed by atoms with van der Waals surface area (Å²) >= 11 is 0. The minimum absolute atomic E-state index is 0.314. The van der Waals surface area contributed by atoms with Crippen molar-refractivity contribution in [3.8, 4) is 0 Å². The molecule has 0 saturated heterocycles. The van der Waals surface area contributed by atoms with E-state index in [-0.39, 0.29) is 5.82 Å². The van der Waals surface area contributed by atoms with Crippen LogP contribution in [0.15, 0.2) is 18.2 Å². The van der Waals surface area contributed by atoms with Crippen LogP contribution >= 0.6 is 0 Å². The smallest absolute Gasteiger partial charge is 0.151 e. The molecule has 0 atom stereocenters. The Kier molecular flexibility index (Phi) is 2.47. The van der Waals surface area contributed by atoms with Crippen molar-refractivity contribution in [2.45, 2.75) is 13.3 Å². The Bertz CT molecular complexity index is 498. The fourth-order valence-electron chi connectivity index (χ4n) is 1.42. The van der Waals surface area contributed by atoms with Crippen LogP contribution in [0.1, 0.15) is 12.7 Å². The first kappa shape index (κ1) is 9.79. The van der Waals surface area contributed by atoms with Crippen molar-refractivity contribution < 1.29 is 4.39 Å². The first-order valence-corrected chi connectivity index (χ1v) is 4.67. The normalized spacial score (nSPS) is 10.6. The summed E-state index contributed by atoms with van der Waals surface area (Å²) in [6.07, 6.45) is 0.682. The first-order valence-electron chi connectivity index (χ1n) is 4.67. The number of hydrazine groups is 1. The molecule has 0 aliphatic carbocycles. The molecular weight excluding hydrogens is 195 g/mol. The van der Waals surface area contributed by atoms with E-state index in [9.17, 15) is 4.39 Å². The van der Waals surface area contributed by atoms with E-state index in [2.05, 4.69) is 15.4 Å². The quantitative estimate of drug-likeness (QED) is 0.579. The van der Waals surface area contributed by atoms with Gasteiger partial charge in [0.05, 0.1) is 5.52 Å². The summed E-state index contributed by atoms with van der Waals surface area (Å²) in [5, 5.41) is 0.719. The molecule has 2 rings (SSSR count). The van der Waals surface area contributed by atoms with Gasteiger partial charge in [-0.1, -0.05) is 6.92 Å². The van der Waals surface area contributed by atoms with Crippen LogP contribution in [-0.4, -0.2) is 9.97 Å².